The molecule has 0 aromatic heterocycles. The van der Waals surface area contributed by atoms with Gasteiger partial charge in [-0.15, -0.1) is 34.8 Å². The van der Waals surface area contributed by atoms with Crippen LogP contribution in [0.1, 0.15) is 6.92 Å². The summed E-state index contributed by atoms with van der Waals surface area (Å²) in [4.78, 5) is -0.274. The molecule has 0 aliphatic carbocycles. The Balaban J connectivity index is 3.54. The summed E-state index contributed by atoms with van der Waals surface area (Å²) in [5, 5.41) is 0.332. The molecule has 0 spiro atoms. The van der Waals surface area contributed by atoms with Crippen molar-refractivity contribution in [1.29, 1.82) is 0 Å². The minimum Gasteiger partial charge on any atom is -0.161 e. The van der Waals surface area contributed by atoms with Gasteiger partial charge in [-0.05, 0) is 5.75 Å². The van der Waals surface area contributed by atoms with Gasteiger partial charge in [-0.1, -0.05) is 6.92 Å². The van der Waals surface area contributed by atoms with Crippen LogP contribution in [0, 0.1) is 0 Å². The molecule has 6 heteroatoms. The highest BCUT2D eigenvalue weighted by Gasteiger charge is 2.16. The van der Waals surface area contributed by atoms with E-state index < -0.39 is 0 Å². The Labute approximate surface area is 121 Å². The van der Waals surface area contributed by atoms with Crippen molar-refractivity contribution in [3.63, 3.8) is 0 Å². The lowest BCUT2D eigenvalue weighted by Crippen LogP contribution is -2.16. The normalized spacial score (nSPS) is 13.4. The zero-order chi connectivity index (χ0) is 11.5. The van der Waals surface area contributed by atoms with Crippen molar-refractivity contribution in [1.82, 2.24) is 0 Å². The van der Waals surface area contributed by atoms with E-state index in [1.165, 1.54) is 11.5 Å². The third-order valence-corrected chi connectivity index (χ3v) is 6.63. The first-order chi connectivity index (χ1) is 7.22. The predicted octanol–water partition coefficient (Wildman–Crippen LogP) is 4.62. The molecule has 0 aromatic rings. The first kappa shape index (κ1) is 16.9. The van der Waals surface area contributed by atoms with E-state index in [1.54, 1.807) is 0 Å². The van der Waals surface area contributed by atoms with Gasteiger partial charge in [0.15, 0.2) is 0 Å². The van der Waals surface area contributed by atoms with Crippen LogP contribution < -0.4 is 0 Å². The highest BCUT2D eigenvalue weighted by atomic mass is 35.5. The molecule has 0 rings (SSSR count). The Morgan fingerprint density at radius 1 is 1.07 bits per heavy atom. The molecule has 0 aromatic carbocycles. The molecular formula is C9H17Cl3S3. The molecule has 0 radical (unpaired) electrons. The Kier molecular flexibility index (Phi) is 14.0. The maximum absolute atomic E-state index is 5.93. The summed E-state index contributed by atoms with van der Waals surface area (Å²) < 4.78 is 0. The Hall–Kier alpha value is 1.92. The van der Waals surface area contributed by atoms with Crippen molar-refractivity contribution in [3.05, 3.63) is 0 Å². The zero-order valence-corrected chi connectivity index (χ0v) is 13.5. The largest absolute Gasteiger partial charge is 0.161 e. The lowest BCUT2D eigenvalue weighted by atomic mass is 10.5. The smallest absolute Gasteiger partial charge is 0.120 e. The quantitative estimate of drug-likeness (QED) is 0.424. The monoisotopic (exact) mass is 326 g/mol. The average Bonchev–Trinajstić information content (AvgIpc) is 2.21. The highest BCUT2D eigenvalue weighted by Crippen LogP contribution is 2.26. The van der Waals surface area contributed by atoms with Gasteiger partial charge in [0.2, 0.25) is 0 Å². The molecule has 0 saturated heterocycles. The van der Waals surface area contributed by atoms with Crippen LogP contribution in [0.4, 0.5) is 0 Å². The Morgan fingerprint density at radius 2 is 1.80 bits per heavy atom. The molecule has 0 aliphatic heterocycles. The molecule has 0 fully saturated rings. The fraction of sp³-hybridized carbons (Fsp3) is 1.00. The Morgan fingerprint density at radius 3 is 2.33 bits per heavy atom. The molecule has 1 unspecified atom stereocenters. The third-order valence-electron chi connectivity index (χ3n) is 1.55. The Bertz CT molecular complexity index is 136. The molecule has 0 heterocycles. The number of hydrogen-bond acceptors (Lipinski definition) is 3. The lowest BCUT2D eigenvalue weighted by molar-refractivity contribution is 1.08. The standard InChI is InChI=1S/C9H17Cl3S3/c1-2-13-5-6-15-8(9(11)12)7-14-4-3-10/h8-9H,2-7H2,1H3. The van der Waals surface area contributed by atoms with Crippen LogP contribution in [0.5, 0.6) is 0 Å². The van der Waals surface area contributed by atoms with Gasteiger partial charge in [-0.2, -0.15) is 35.3 Å². The van der Waals surface area contributed by atoms with E-state index >= 15 is 0 Å². The van der Waals surface area contributed by atoms with Crippen molar-refractivity contribution in [2.24, 2.45) is 0 Å². The van der Waals surface area contributed by atoms with E-state index in [4.69, 9.17) is 34.8 Å². The minimum atomic E-state index is -0.274. The molecule has 0 bridgehead atoms. The topological polar surface area (TPSA) is 0 Å². The van der Waals surface area contributed by atoms with Gasteiger partial charge in [-0.3, -0.25) is 0 Å². The van der Waals surface area contributed by atoms with Crippen LogP contribution in [0.3, 0.4) is 0 Å². The molecule has 0 saturated carbocycles. The molecule has 0 nitrogen and oxygen atoms in total. The van der Waals surface area contributed by atoms with Crippen LogP contribution in [0.25, 0.3) is 0 Å². The summed E-state index contributed by atoms with van der Waals surface area (Å²) in [6.45, 7) is 2.18. The van der Waals surface area contributed by atoms with Crippen LogP contribution in [-0.2, 0) is 0 Å². The number of thioether (sulfide) groups is 3. The second-order valence-corrected chi connectivity index (χ2v) is 8.14. The number of halogens is 3. The van der Waals surface area contributed by atoms with Crippen molar-refractivity contribution < 1.29 is 0 Å². The van der Waals surface area contributed by atoms with Crippen LogP contribution in [0.15, 0.2) is 0 Å². The van der Waals surface area contributed by atoms with Crippen molar-refractivity contribution in [3.8, 4) is 0 Å². The second-order valence-electron chi connectivity index (χ2n) is 2.70. The van der Waals surface area contributed by atoms with Crippen LogP contribution in [-0.4, -0.2) is 44.7 Å². The molecule has 0 amide bonds. The van der Waals surface area contributed by atoms with Gasteiger partial charge in [0, 0.05) is 34.1 Å². The van der Waals surface area contributed by atoms with E-state index in [0.29, 0.717) is 11.1 Å². The van der Waals surface area contributed by atoms with Gasteiger partial charge in [-0.25, -0.2) is 0 Å². The first-order valence-corrected chi connectivity index (χ1v) is 9.60. The fourth-order valence-corrected chi connectivity index (χ4v) is 4.97. The van der Waals surface area contributed by atoms with E-state index in [-0.39, 0.29) is 4.84 Å². The zero-order valence-electron chi connectivity index (χ0n) is 8.76. The van der Waals surface area contributed by atoms with Crippen molar-refractivity contribution >= 4 is 70.1 Å². The van der Waals surface area contributed by atoms with Crippen molar-refractivity contribution in [2.75, 3.05) is 34.6 Å². The first-order valence-electron chi connectivity index (χ1n) is 4.83. The average molecular weight is 328 g/mol. The van der Waals surface area contributed by atoms with E-state index in [2.05, 4.69) is 6.92 Å². The second kappa shape index (κ2) is 12.4. The third kappa shape index (κ3) is 10.8. The molecule has 92 valence electrons. The lowest BCUT2D eigenvalue weighted by Gasteiger charge is -2.16. The molecular weight excluding hydrogens is 311 g/mol. The molecule has 0 aliphatic rings. The van der Waals surface area contributed by atoms with Gasteiger partial charge in [0.1, 0.15) is 4.84 Å². The summed E-state index contributed by atoms with van der Waals surface area (Å²) >= 11 is 23.1. The predicted molar refractivity (Wildman–Crippen MR) is 82.8 cm³/mol. The maximum atomic E-state index is 5.93. The molecule has 15 heavy (non-hydrogen) atoms. The van der Waals surface area contributed by atoms with Crippen molar-refractivity contribution in [2.45, 2.75) is 17.0 Å². The SMILES string of the molecule is CCSCCSC(CSCCCl)C(Cl)Cl. The summed E-state index contributed by atoms with van der Waals surface area (Å²) in [6.07, 6.45) is 0. The van der Waals surface area contributed by atoms with Crippen LogP contribution >= 0.6 is 70.1 Å². The summed E-state index contributed by atoms with van der Waals surface area (Å²) in [6, 6.07) is 0. The van der Waals surface area contributed by atoms with Gasteiger partial charge >= 0.3 is 0 Å². The van der Waals surface area contributed by atoms with Gasteiger partial charge < -0.3 is 0 Å². The van der Waals surface area contributed by atoms with E-state index in [9.17, 15) is 0 Å². The fourth-order valence-electron chi connectivity index (χ4n) is 0.850. The van der Waals surface area contributed by atoms with E-state index in [1.807, 2.05) is 35.3 Å². The van der Waals surface area contributed by atoms with Crippen LogP contribution in [0.2, 0.25) is 0 Å². The molecule has 1 atom stereocenters. The summed E-state index contributed by atoms with van der Waals surface area (Å²) in [5.41, 5.74) is 0. The summed E-state index contributed by atoms with van der Waals surface area (Å²) in [7, 11) is 0. The maximum Gasteiger partial charge on any atom is 0.120 e. The summed E-state index contributed by atoms with van der Waals surface area (Å²) in [5.74, 6) is 6.15. The van der Waals surface area contributed by atoms with Gasteiger partial charge in [0.05, 0.1) is 0 Å². The number of hydrogen-bond donors (Lipinski definition) is 0. The number of alkyl halides is 3. The highest BCUT2D eigenvalue weighted by molar-refractivity contribution is 8.05. The molecule has 0 N–H and O–H groups in total. The van der Waals surface area contributed by atoms with E-state index in [0.717, 1.165) is 17.3 Å². The number of rotatable bonds is 10. The minimum absolute atomic E-state index is 0.274. The van der Waals surface area contributed by atoms with Gasteiger partial charge in [0.25, 0.3) is 0 Å².